The minimum atomic E-state index is -4.71. The molecule has 8 heteroatoms. The second-order valence-electron chi connectivity index (χ2n) is 5.76. The van der Waals surface area contributed by atoms with Gasteiger partial charge in [0.1, 0.15) is 11.6 Å². The van der Waals surface area contributed by atoms with E-state index in [0.29, 0.717) is 23.8 Å². The molecule has 4 nitrogen and oxygen atoms in total. The molecular formula is C18H12F4N2O2. The topological polar surface area (TPSA) is 62.1 Å². The summed E-state index contributed by atoms with van der Waals surface area (Å²) in [7, 11) is 0. The van der Waals surface area contributed by atoms with Gasteiger partial charge in [0.2, 0.25) is 0 Å². The van der Waals surface area contributed by atoms with Gasteiger partial charge in [-0.3, -0.25) is 4.79 Å². The van der Waals surface area contributed by atoms with Crippen molar-refractivity contribution in [3.63, 3.8) is 0 Å². The van der Waals surface area contributed by atoms with Crippen LogP contribution in [0.4, 0.5) is 23.2 Å². The maximum Gasteiger partial charge on any atom is 0.417 e. The van der Waals surface area contributed by atoms with E-state index in [2.05, 4.69) is 5.32 Å². The maximum atomic E-state index is 13.2. The average molecular weight is 364 g/mol. The van der Waals surface area contributed by atoms with Gasteiger partial charge in [-0.05, 0) is 54.8 Å². The first-order valence-electron chi connectivity index (χ1n) is 7.65. The Bertz CT molecular complexity index is 903. The van der Waals surface area contributed by atoms with Crippen molar-refractivity contribution >= 4 is 11.6 Å². The highest BCUT2D eigenvalue weighted by atomic mass is 19.4. The number of benzene rings is 2. The number of rotatable bonds is 2. The van der Waals surface area contributed by atoms with Crippen LogP contribution in [0.25, 0.3) is 0 Å². The molecule has 0 bridgehead atoms. The summed E-state index contributed by atoms with van der Waals surface area (Å²) < 4.78 is 57.7. The van der Waals surface area contributed by atoms with Crippen molar-refractivity contribution in [1.29, 1.82) is 5.26 Å². The Kier molecular flexibility index (Phi) is 4.55. The van der Waals surface area contributed by atoms with Crippen LogP contribution in [0.3, 0.4) is 0 Å². The summed E-state index contributed by atoms with van der Waals surface area (Å²) in [6.07, 6.45) is -4.94. The van der Waals surface area contributed by atoms with Gasteiger partial charge in [0.25, 0.3) is 5.91 Å². The second-order valence-corrected chi connectivity index (χ2v) is 5.76. The lowest BCUT2D eigenvalue weighted by Gasteiger charge is -2.25. The van der Waals surface area contributed by atoms with Crippen molar-refractivity contribution in [2.75, 3.05) is 5.32 Å². The lowest BCUT2D eigenvalue weighted by Crippen LogP contribution is -2.35. The number of ether oxygens (including phenoxy) is 1. The number of nitriles is 1. The smallest absolute Gasteiger partial charge is 0.417 e. The van der Waals surface area contributed by atoms with Crippen molar-refractivity contribution in [1.82, 2.24) is 0 Å². The number of aryl methyl sites for hydroxylation is 1. The first kappa shape index (κ1) is 17.7. The minimum Gasteiger partial charge on any atom is -0.480 e. The number of carbonyl (C=O) groups is 1. The lowest BCUT2D eigenvalue weighted by molar-refractivity contribution is -0.137. The molecule has 1 aliphatic rings. The summed E-state index contributed by atoms with van der Waals surface area (Å²) in [6.45, 7) is 0. The first-order chi connectivity index (χ1) is 12.3. The third-order valence-corrected chi connectivity index (χ3v) is 3.97. The zero-order chi connectivity index (χ0) is 18.9. The molecule has 1 N–H and O–H groups in total. The fraction of sp³-hybridized carbons (Fsp3) is 0.222. The SMILES string of the molecule is N#Cc1ccc(NC(=O)C2CCc3cc(F)ccc3O2)cc1C(F)(F)F. The predicted octanol–water partition coefficient (Wildman–Crippen LogP) is 4.05. The van der Waals surface area contributed by atoms with Crippen molar-refractivity contribution in [2.24, 2.45) is 0 Å². The van der Waals surface area contributed by atoms with Gasteiger partial charge in [-0.15, -0.1) is 0 Å². The average Bonchev–Trinajstić information content (AvgIpc) is 2.60. The highest BCUT2D eigenvalue weighted by molar-refractivity contribution is 5.94. The number of fused-ring (bicyclic) bond motifs is 1. The fourth-order valence-electron chi connectivity index (χ4n) is 2.72. The monoisotopic (exact) mass is 364 g/mol. The van der Waals surface area contributed by atoms with Crippen molar-refractivity contribution in [2.45, 2.75) is 25.1 Å². The number of nitrogens with zero attached hydrogens (tertiary/aromatic N) is 1. The molecule has 1 amide bonds. The Morgan fingerprint density at radius 3 is 2.69 bits per heavy atom. The third kappa shape index (κ3) is 3.61. The molecule has 2 aromatic carbocycles. The molecule has 0 saturated carbocycles. The second kappa shape index (κ2) is 6.67. The van der Waals surface area contributed by atoms with Crippen LogP contribution in [0.15, 0.2) is 36.4 Å². The molecule has 0 saturated heterocycles. The number of halogens is 4. The lowest BCUT2D eigenvalue weighted by atomic mass is 10.0. The van der Waals surface area contributed by atoms with E-state index in [1.807, 2.05) is 0 Å². The normalized spacial score (nSPS) is 16.2. The molecule has 0 aliphatic carbocycles. The van der Waals surface area contributed by atoms with Crippen molar-refractivity contribution < 1.29 is 27.1 Å². The molecule has 2 aromatic rings. The summed E-state index contributed by atoms with van der Waals surface area (Å²) >= 11 is 0. The molecular weight excluding hydrogens is 352 g/mol. The van der Waals surface area contributed by atoms with Crippen LogP contribution < -0.4 is 10.1 Å². The molecule has 26 heavy (non-hydrogen) atoms. The van der Waals surface area contributed by atoms with Gasteiger partial charge in [-0.1, -0.05) is 0 Å². The van der Waals surface area contributed by atoms with E-state index >= 15 is 0 Å². The number of amides is 1. The van der Waals surface area contributed by atoms with Crippen LogP contribution in [-0.4, -0.2) is 12.0 Å². The van der Waals surface area contributed by atoms with Gasteiger partial charge < -0.3 is 10.1 Å². The highest BCUT2D eigenvalue weighted by Gasteiger charge is 2.34. The molecule has 1 aliphatic heterocycles. The van der Waals surface area contributed by atoms with E-state index in [1.165, 1.54) is 30.3 Å². The Balaban J connectivity index is 1.77. The minimum absolute atomic E-state index is 0.0881. The van der Waals surface area contributed by atoms with E-state index in [9.17, 15) is 22.4 Å². The molecule has 0 radical (unpaired) electrons. The van der Waals surface area contributed by atoms with Crippen LogP contribution in [-0.2, 0) is 17.4 Å². The van der Waals surface area contributed by atoms with E-state index in [-0.39, 0.29) is 12.1 Å². The van der Waals surface area contributed by atoms with Gasteiger partial charge in [-0.25, -0.2) is 4.39 Å². The van der Waals surface area contributed by atoms with Gasteiger partial charge in [-0.2, -0.15) is 18.4 Å². The Morgan fingerprint density at radius 1 is 1.23 bits per heavy atom. The van der Waals surface area contributed by atoms with Gasteiger partial charge in [0, 0.05) is 5.69 Å². The molecule has 1 unspecified atom stereocenters. The van der Waals surface area contributed by atoms with Gasteiger partial charge >= 0.3 is 6.18 Å². The van der Waals surface area contributed by atoms with Crippen LogP contribution >= 0.6 is 0 Å². The highest BCUT2D eigenvalue weighted by Crippen LogP contribution is 2.34. The summed E-state index contributed by atoms with van der Waals surface area (Å²) in [4.78, 5) is 12.3. The number of nitrogens with one attached hydrogen (secondary N) is 1. The largest absolute Gasteiger partial charge is 0.480 e. The van der Waals surface area contributed by atoms with Crippen LogP contribution in [0, 0.1) is 17.1 Å². The van der Waals surface area contributed by atoms with Crippen LogP contribution in [0.2, 0.25) is 0 Å². The zero-order valence-corrected chi connectivity index (χ0v) is 13.2. The van der Waals surface area contributed by atoms with Crippen LogP contribution in [0.5, 0.6) is 5.75 Å². The van der Waals surface area contributed by atoms with Crippen molar-refractivity contribution in [3.8, 4) is 11.8 Å². The number of anilines is 1. The molecule has 0 spiro atoms. The molecule has 0 fully saturated rings. The standard InChI is InChI=1S/C18H12F4N2O2/c19-12-3-6-15-10(7-12)2-5-16(26-15)17(25)24-13-4-1-11(9-23)14(8-13)18(20,21)22/h1,3-4,6-8,16H,2,5H2,(H,24,25). The van der Waals surface area contributed by atoms with Gasteiger partial charge in [0.15, 0.2) is 6.10 Å². The zero-order valence-electron chi connectivity index (χ0n) is 13.2. The molecule has 0 aromatic heterocycles. The molecule has 1 atom stereocenters. The quantitative estimate of drug-likeness (QED) is 0.818. The predicted molar refractivity (Wildman–Crippen MR) is 83.9 cm³/mol. The third-order valence-electron chi connectivity index (χ3n) is 3.97. The maximum absolute atomic E-state index is 13.2. The van der Waals surface area contributed by atoms with Crippen LogP contribution in [0.1, 0.15) is 23.1 Å². The fourth-order valence-corrected chi connectivity index (χ4v) is 2.72. The van der Waals surface area contributed by atoms with Gasteiger partial charge in [0.05, 0.1) is 17.2 Å². The Hall–Kier alpha value is -3.08. The summed E-state index contributed by atoms with van der Waals surface area (Å²) in [5.41, 5.74) is -1.11. The summed E-state index contributed by atoms with van der Waals surface area (Å²) in [6, 6.07) is 8.34. The Labute approximate surface area is 146 Å². The van der Waals surface area contributed by atoms with Crippen molar-refractivity contribution in [3.05, 3.63) is 58.9 Å². The molecule has 3 rings (SSSR count). The Morgan fingerprint density at radius 2 is 2.00 bits per heavy atom. The van der Waals surface area contributed by atoms with E-state index < -0.39 is 35.1 Å². The van der Waals surface area contributed by atoms with E-state index in [1.54, 1.807) is 0 Å². The molecule has 134 valence electrons. The summed E-state index contributed by atoms with van der Waals surface area (Å²) in [5.74, 6) is -0.654. The summed E-state index contributed by atoms with van der Waals surface area (Å²) in [5, 5.41) is 11.2. The number of alkyl halides is 3. The number of hydrogen-bond acceptors (Lipinski definition) is 3. The number of carbonyl (C=O) groups excluding carboxylic acids is 1. The first-order valence-corrected chi connectivity index (χ1v) is 7.65. The molecule has 1 heterocycles. The number of hydrogen-bond donors (Lipinski definition) is 1. The van der Waals surface area contributed by atoms with E-state index in [0.717, 1.165) is 6.07 Å². The van der Waals surface area contributed by atoms with E-state index in [4.69, 9.17) is 10.00 Å².